The lowest BCUT2D eigenvalue weighted by molar-refractivity contribution is 0.102. The number of nitrogens with one attached hydrogen (secondary N) is 1. The molecule has 1 aliphatic carbocycles. The zero-order valence-electron chi connectivity index (χ0n) is 15.8. The summed E-state index contributed by atoms with van der Waals surface area (Å²) in [6.07, 6.45) is 4.65. The Bertz CT molecular complexity index is 1060. The van der Waals surface area contributed by atoms with Crippen molar-refractivity contribution in [3.8, 4) is 0 Å². The highest BCUT2D eigenvalue weighted by molar-refractivity contribution is 6.04. The number of aliphatic hydroxyl groups is 1. The summed E-state index contributed by atoms with van der Waals surface area (Å²) in [4.78, 5) is 19.5. The molecule has 144 valence electrons. The molecule has 1 amide bonds. The van der Waals surface area contributed by atoms with Gasteiger partial charge < -0.3 is 15.3 Å². The Balaban J connectivity index is 1.43. The Morgan fingerprint density at radius 2 is 2.11 bits per heavy atom. The predicted octanol–water partition coefficient (Wildman–Crippen LogP) is 2.67. The van der Waals surface area contributed by atoms with Gasteiger partial charge in [0.05, 0.1) is 11.6 Å². The third-order valence-corrected chi connectivity index (χ3v) is 5.51. The van der Waals surface area contributed by atoms with E-state index < -0.39 is 0 Å². The van der Waals surface area contributed by atoms with Crippen molar-refractivity contribution in [2.45, 2.75) is 31.3 Å². The van der Waals surface area contributed by atoms with E-state index in [1.807, 2.05) is 36.3 Å². The molecule has 3 aromatic rings. The smallest absolute Gasteiger partial charge is 0.274 e. The van der Waals surface area contributed by atoms with E-state index >= 15 is 0 Å². The molecule has 7 nitrogen and oxygen atoms in total. The first-order valence-corrected chi connectivity index (χ1v) is 9.75. The summed E-state index contributed by atoms with van der Waals surface area (Å²) in [6, 6.07) is 9.55. The predicted molar refractivity (Wildman–Crippen MR) is 108 cm³/mol. The first-order chi connectivity index (χ1) is 13.6. The fourth-order valence-electron chi connectivity index (χ4n) is 3.91. The van der Waals surface area contributed by atoms with Crippen molar-refractivity contribution in [3.63, 3.8) is 0 Å². The van der Waals surface area contributed by atoms with E-state index in [-0.39, 0.29) is 12.0 Å². The van der Waals surface area contributed by atoms with Gasteiger partial charge in [0.2, 0.25) is 0 Å². The topological polar surface area (TPSA) is 83.3 Å². The largest absolute Gasteiger partial charge is 0.391 e. The van der Waals surface area contributed by atoms with Gasteiger partial charge in [-0.25, -0.2) is 4.98 Å². The molecule has 1 saturated carbocycles. The fraction of sp³-hybridized carbons (Fsp3) is 0.381. The summed E-state index contributed by atoms with van der Waals surface area (Å²) in [5.41, 5.74) is 3.33. The number of aromatic nitrogens is 3. The maximum Gasteiger partial charge on any atom is 0.274 e. The molecule has 1 saturated heterocycles. The van der Waals surface area contributed by atoms with Crippen LogP contribution in [0.25, 0.3) is 10.9 Å². The number of fused-ring (bicyclic) bond motifs is 1. The average molecular weight is 377 g/mol. The van der Waals surface area contributed by atoms with Gasteiger partial charge in [-0.15, -0.1) is 0 Å². The molecule has 0 bridgehead atoms. The second kappa shape index (κ2) is 6.60. The van der Waals surface area contributed by atoms with Gasteiger partial charge in [-0.1, -0.05) is 6.07 Å². The van der Waals surface area contributed by atoms with Crippen molar-refractivity contribution in [2.75, 3.05) is 23.3 Å². The average Bonchev–Trinajstić information content (AvgIpc) is 3.33. The maximum absolute atomic E-state index is 12.9. The molecule has 0 spiro atoms. The third-order valence-electron chi connectivity index (χ3n) is 5.51. The number of anilines is 2. The Morgan fingerprint density at radius 3 is 2.86 bits per heavy atom. The van der Waals surface area contributed by atoms with E-state index in [1.165, 1.54) is 0 Å². The van der Waals surface area contributed by atoms with E-state index in [1.54, 1.807) is 10.7 Å². The SMILES string of the molecule is Cn1cc2cc(NC(=O)c3cccc(N4CCC(O)C4)n3)c(C3CC3)cc2n1. The Kier molecular flexibility index (Phi) is 4.05. The van der Waals surface area contributed by atoms with Crippen molar-refractivity contribution in [1.82, 2.24) is 14.8 Å². The number of β-amino-alcohol motifs (C(OH)–C–C–N with tert-alkyl or cyclic N) is 1. The van der Waals surface area contributed by atoms with Crippen molar-refractivity contribution >= 4 is 28.3 Å². The van der Waals surface area contributed by atoms with Crippen LogP contribution in [0.5, 0.6) is 0 Å². The first kappa shape index (κ1) is 17.2. The lowest BCUT2D eigenvalue weighted by atomic mass is 10.1. The van der Waals surface area contributed by atoms with Gasteiger partial charge in [0.15, 0.2) is 0 Å². The van der Waals surface area contributed by atoms with Crippen LogP contribution in [0.3, 0.4) is 0 Å². The minimum Gasteiger partial charge on any atom is -0.391 e. The van der Waals surface area contributed by atoms with Crippen LogP contribution in [0.4, 0.5) is 11.5 Å². The highest BCUT2D eigenvalue weighted by Crippen LogP contribution is 2.44. The van der Waals surface area contributed by atoms with E-state index in [2.05, 4.69) is 21.5 Å². The lowest BCUT2D eigenvalue weighted by Crippen LogP contribution is -2.23. The van der Waals surface area contributed by atoms with Gasteiger partial charge in [0.25, 0.3) is 5.91 Å². The minimum atomic E-state index is -0.327. The quantitative estimate of drug-likeness (QED) is 0.730. The first-order valence-electron chi connectivity index (χ1n) is 9.75. The van der Waals surface area contributed by atoms with Crippen molar-refractivity contribution < 1.29 is 9.90 Å². The van der Waals surface area contributed by atoms with Gasteiger partial charge >= 0.3 is 0 Å². The molecule has 1 aliphatic heterocycles. The standard InChI is InChI=1S/C21H23N5O2/c1-25-11-14-9-19(16(13-5-6-13)10-18(14)24-25)23-21(28)17-3-2-4-20(22-17)26-8-7-15(27)12-26/h2-4,9-11,13,15,27H,5-8,12H2,1H3,(H,23,28). The maximum atomic E-state index is 12.9. The normalized spacial score (nSPS) is 19.4. The van der Waals surface area contributed by atoms with E-state index in [9.17, 15) is 9.90 Å². The molecule has 5 rings (SSSR count). The third kappa shape index (κ3) is 3.22. The van der Waals surface area contributed by atoms with E-state index in [0.29, 0.717) is 18.2 Å². The van der Waals surface area contributed by atoms with E-state index in [4.69, 9.17) is 0 Å². The van der Waals surface area contributed by atoms with E-state index in [0.717, 1.165) is 53.8 Å². The second-order valence-electron chi connectivity index (χ2n) is 7.80. The van der Waals surface area contributed by atoms with Gasteiger partial charge in [0.1, 0.15) is 11.5 Å². The summed E-state index contributed by atoms with van der Waals surface area (Å²) < 4.78 is 1.79. The summed E-state index contributed by atoms with van der Waals surface area (Å²) in [6.45, 7) is 1.31. The lowest BCUT2D eigenvalue weighted by Gasteiger charge is -2.17. The highest BCUT2D eigenvalue weighted by Gasteiger charge is 2.28. The number of aliphatic hydroxyl groups excluding tert-OH is 1. The Morgan fingerprint density at radius 1 is 1.25 bits per heavy atom. The number of hydrogen-bond donors (Lipinski definition) is 2. The number of benzene rings is 1. The molecule has 2 aliphatic rings. The monoisotopic (exact) mass is 377 g/mol. The van der Waals surface area contributed by atoms with Gasteiger partial charge in [0, 0.05) is 37.4 Å². The van der Waals surface area contributed by atoms with Crippen molar-refractivity contribution in [3.05, 3.63) is 47.8 Å². The molecular weight excluding hydrogens is 354 g/mol. The molecule has 7 heteroatoms. The van der Waals surface area contributed by atoms with Crippen LogP contribution in [0.2, 0.25) is 0 Å². The Labute approximate surface area is 163 Å². The van der Waals surface area contributed by atoms with Gasteiger partial charge in [-0.3, -0.25) is 9.48 Å². The number of carbonyl (C=O) groups excluding carboxylic acids is 1. The van der Waals surface area contributed by atoms with Gasteiger partial charge in [-0.05, 0) is 55.0 Å². The summed E-state index contributed by atoms with van der Waals surface area (Å²) in [5.74, 6) is 1.01. The second-order valence-corrected chi connectivity index (χ2v) is 7.80. The number of carbonyl (C=O) groups is 1. The molecule has 1 unspecified atom stereocenters. The van der Waals surface area contributed by atoms with Gasteiger partial charge in [-0.2, -0.15) is 5.10 Å². The summed E-state index contributed by atoms with van der Waals surface area (Å²) in [7, 11) is 1.90. The number of rotatable bonds is 4. The molecule has 2 aromatic heterocycles. The fourth-order valence-corrected chi connectivity index (χ4v) is 3.91. The van der Waals surface area contributed by atoms with Crippen LogP contribution in [0.1, 0.15) is 41.2 Å². The molecule has 2 fully saturated rings. The van der Waals surface area contributed by atoms with Crippen LogP contribution in [0, 0.1) is 0 Å². The molecule has 28 heavy (non-hydrogen) atoms. The van der Waals surface area contributed by atoms with Crippen LogP contribution in [-0.2, 0) is 7.05 Å². The van der Waals surface area contributed by atoms with Crippen LogP contribution < -0.4 is 10.2 Å². The minimum absolute atomic E-state index is 0.216. The molecule has 0 radical (unpaired) electrons. The Hall–Kier alpha value is -2.93. The summed E-state index contributed by atoms with van der Waals surface area (Å²) in [5, 5.41) is 18.3. The molecule has 1 atom stereocenters. The summed E-state index contributed by atoms with van der Waals surface area (Å²) >= 11 is 0. The zero-order chi connectivity index (χ0) is 19.3. The van der Waals surface area contributed by atoms with Crippen molar-refractivity contribution in [2.24, 2.45) is 7.05 Å². The number of pyridine rings is 1. The zero-order valence-corrected chi connectivity index (χ0v) is 15.8. The number of nitrogens with zero attached hydrogens (tertiary/aromatic N) is 4. The molecule has 2 N–H and O–H groups in total. The molecule has 3 heterocycles. The molecule has 1 aromatic carbocycles. The van der Waals surface area contributed by atoms with Crippen molar-refractivity contribution in [1.29, 1.82) is 0 Å². The number of amides is 1. The van der Waals surface area contributed by atoms with Crippen LogP contribution in [-0.4, -0.2) is 45.0 Å². The highest BCUT2D eigenvalue weighted by atomic mass is 16.3. The molecular formula is C21H23N5O2. The number of hydrogen-bond acceptors (Lipinski definition) is 5. The number of aryl methyl sites for hydroxylation is 1. The van der Waals surface area contributed by atoms with Crippen LogP contribution in [0.15, 0.2) is 36.5 Å². The van der Waals surface area contributed by atoms with Crippen LogP contribution >= 0.6 is 0 Å².